The average molecular weight is 264 g/mol. The highest BCUT2D eigenvalue weighted by atomic mass is 16.6. The average Bonchev–Trinajstić information content (AvgIpc) is 2.85. The molecule has 0 aliphatic carbocycles. The summed E-state index contributed by atoms with van der Waals surface area (Å²) in [5, 5.41) is 19.9. The van der Waals surface area contributed by atoms with Gasteiger partial charge < -0.3 is 10.0 Å². The van der Waals surface area contributed by atoms with Crippen LogP contribution < -0.4 is 0 Å². The van der Waals surface area contributed by atoms with Gasteiger partial charge in [-0.1, -0.05) is 0 Å². The Balaban J connectivity index is 2.26. The Morgan fingerprint density at radius 2 is 2.32 bits per heavy atom. The van der Waals surface area contributed by atoms with E-state index in [9.17, 15) is 20.0 Å². The van der Waals surface area contributed by atoms with Crippen molar-refractivity contribution in [2.75, 3.05) is 13.2 Å². The number of benzene rings is 1. The standard InChI is InChI=1S/C13H16N2O4/c1-9-7-10(15(18)19)4-5-12(9)13(17)14-6-2-3-11(14)8-16/h4-5,7,11,16H,2-3,6,8H2,1H3/t11-/m0/s1. The third kappa shape index (κ3) is 2.58. The van der Waals surface area contributed by atoms with Crippen molar-refractivity contribution in [1.82, 2.24) is 4.90 Å². The van der Waals surface area contributed by atoms with Crippen LogP contribution in [0.3, 0.4) is 0 Å². The third-order valence-corrected chi connectivity index (χ3v) is 3.50. The lowest BCUT2D eigenvalue weighted by molar-refractivity contribution is -0.384. The second-order valence-electron chi connectivity index (χ2n) is 4.73. The number of rotatable bonds is 3. The number of amides is 1. The molecule has 2 rings (SSSR count). The van der Waals surface area contributed by atoms with Gasteiger partial charge >= 0.3 is 0 Å². The van der Waals surface area contributed by atoms with E-state index >= 15 is 0 Å². The Morgan fingerprint density at radius 3 is 2.89 bits per heavy atom. The number of carbonyl (C=O) groups excluding carboxylic acids is 1. The molecule has 19 heavy (non-hydrogen) atoms. The minimum Gasteiger partial charge on any atom is -0.394 e. The number of hydrogen-bond donors (Lipinski definition) is 1. The Morgan fingerprint density at radius 1 is 1.58 bits per heavy atom. The number of nitrogens with zero attached hydrogens (tertiary/aromatic N) is 2. The van der Waals surface area contributed by atoms with Crippen molar-refractivity contribution in [3.63, 3.8) is 0 Å². The van der Waals surface area contributed by atoms with Crippen LogP contribution in [-0.2, 0) is 0 Å². The number of aryl methyl sites for hydroxylation is 1. The second-order valence-corrected chi connectivity index (χ2v) is 4.73. The van der Waals surface area contributed by atoms with Gasteiger partial charge in [0.2, 0.25) is 0 Å². The minimum absolute atomic E-state index is 0.0193. The van der Waals surface area contributed by atoms with Gasteiger partial charge in [0.1, 0.15) is 0 Å². The summed E-state index contributed by atoms with van der Waals surface area (Å²) in [6.45, 7) is 2.27. The first-order valence-electron chi connectivity index (χ1n) is 6.21. The molecule has 1 amide bonds. The van der Waals surface area contributed by atoms with Crippen LogP contribution in [-0.4, -0.2) is 40.0 Å². The highest BCUT2D eigenvalue weighted by Crippen LogP contribution is 2.23. The van der Waals surface area contributed by atoms with Gasteiger partial charge in [-0.2, -0.15) is 0 Å². The molecule has 1 aliphatic rings. The zero-order valence-corrected chi connectivity index (χ0v) is 10.7. The monoisotopic (exact) mass is 264 g/mol. The number of aliphatic hydroxyl groups is 1. The number of non-ortho nitro benzene ring substituents is 1. The van der Waals surface area contributed by atoms with Gasteiger partial charge in [-0.25, -0.2) is 0 Å². The molecule has 6 nitrogen and oxygen atoms in total. The van der Waals surface area contributed by atoms with Crippen LogP contribution in [0.4, 0.5) is 5.69 Å². The zero-order valence-electron chi connectivity index (χ0n) is 10.7. The number of nitro benzene ring substituents is 1. The molecule has 1 saturated heterocycles. The van der Waals surface area contributed by atoms with E-state index in [1.165, 1.54) is 18.2 Å². The summed E-state index contributed by atoms with van der Waals surface area (Å²) in [4.78, 5) is 24.2. The molecule has 1 fully saturated rings. The number of carbonyl (C=O) groups is 1. The molecule has 1 aromatic carbocycles. The van der Waals surface area contributed by atoms with Crippen LogP contribution >= 0.6 is 0 Å². The summed E-state index contributed by atoms with van der Waals surface area (Å²) in [7, 11) is 0. The van der Waals surface area contributed by atoms with E-state index in [4.69, 9.17) is 0 Å². The highest BCUT2D eigenvalue weighted by molar-refractivity contribution is 5.96. The van der Waals surface area contributed by atoms with Crippen molar-refractivity contribution < 1.29 is 14.8 Å². The summed E-state index contributed by atoms with van der Waals surface area (Å²) in [5.74, 6) is -0.163. The number of likely N-dealkylation sites (tertiary alicyclic amines) is 1. The Bertz CT molecular complexity index is 515. The molecule has 0 aromatic heterocycles. The first-order chi connectivity index (χ1) is 9.04. The van der Waals surface area contributed by atoms with Gasteiger partial charge in [-0.05, 0) is 31.4 Å². The summed E-state index contributed by atoms with van der Waals surface area (Å²) in [5.41, 5.74) is 1.03. The van der Waals surface area contributed by atoms with E-state index in [-0.39, 0.29) is 24.2 Å². The van der Waals surface area contributed by atoms with Gasteiger partial charge in [0.15, 0.2) is 0 Å². The summed E-state index contributed by atoms with van der Waals surface area (Å²) < 4.78 is 0. The maximum absolute atomic E-state index is 12.4. The molecule has 6 heteroatoms. The molecule has 0 spiro atoms. The first-order valence-corrected chi connectivity index (χ1v) is 6.21. The van der Waals surface area contributed by atoms with Gasteiger partial charge in [0.05, 0.1) is 17.6 Å². The molecule has 0 unspecified atom stereocenters. The lowest BCUT2D eigenvalue weighted by atomic mass is 10.1. The predicted molar refractivity (Wildman–Crippen MR) is 69.0 cm³/mol. The normalized spacial score (nSPS) is 18.6. The summed E-state index contributed by atoms with van der Waals surface area (Å²) >= 11 is 0. The SMILES string of the molecule is Cc1cc([N+](=O)[O-])ccc1C(=O)N1CCC[C@H]1CO. The first kappa shape index (κ1) is 13.5. The van der Waals surface area contributed by atoms with Crippen molar-refractivity contribution in [3.05, 3.63) is 39.4 Å². The predicted octanol–water partition coefficient (Wildman–Crippen LogP) is 1.50. The van der Waals surface area contributed by atoms with E-state index < -0.39 is 4.92 Å². The van der Waals surface area contributed by atoms with Crippen LogP contribution in [0.15, 0.2) is 18.2 Å². The molecule has 102 valence electrons. The molecule has 1 heterocycles. The Labute approximate surface area is 110 Å². The molecular formula is C13H16N2O4. The van der Waals surface area contributed by atoms with Gasteiger partial charge in [-0.3, -0.25) is 14.9 Å². The molecule has 1 aliphatic heterocycles. The minimum atomic E-state index is -0.479. The quantitative estimate of drug-likeness (QED) is 0.662. The molecule has 0 saturated carbocycles. The van der Waals surface area contributed by atoms with E-state index in [1.54, 1.807) is 11.8 Å². The van der Waals surface area contributed by atoms with Crippen molar-refractivity contribution in [2.45, 2.75) is 25.8 Å². The van der Waals surface area contributed by atoms with Gasteiger partial charge in [-0.15, -0.1) is 0 Å². The Kier molecular flexibility index (Phi) is 3.80. The smallest absolute Gasteiger partial charge is 0.269 e. The molecule has 0 radical (unpaired) electrons. The van der Waals surface area contributed by atoms with Crippen LogP contribution in [0.2, 0.25) is 0 Å². The highest BCUT2D eigenvalue weighted by Gasteiger charge is 2.29. The lowest BCUT2D eigenvalue weighted by Gasteiger charge is -2.23. The molecule has 0 bridgehead atoms. The Hall–Kier alpha value is -1.95. The van der Waals surface area contributed by atoms with Crippen LogP contribution in [0.1, 0.15) is 28.8 Å². The van der Waals surface area contributed by atoms with E-state index in [2.05, 4.69) is 0 Å². The van der Waals surface area contributed by atoms with E-state index in [0.717, 1.165) is 12.8 Å². The topological polar surface area (TPSA) is 83.7 Å². The maximum Gasteiger partial charge on any atom is 0.269 e. The van der Waals surface area contributed by atoms with E-state index in [0.29, 0.717) is 17.7 Å². The van der Waals surface area contributed by atoms with Crippen molar-refractivity contribution in [2.24, 2.45) is 0 Å². The number of hydrogen-bond acceptors (Lipinski definition) is 4. The second kappa shape index (κ2) is 5.36. The zero-order chi connectivity index (χ0) is 14.0. The van der Waals surface area contributed by atoms with Crippen molar-refractivity contribution in [3.8, 4) is 0 Å². The third-order valence-electron chi connectivity index (χ3n) is 3.50. The number of nitro groups is 1. The molecule has 1 aromatic rings. The van der Waals surface area contributed by atoms with Crippen molar-refractivity contribution in [1.29, 1.82) is 0 Å². The van der Waals surface area contributed by atoms with Crippen LogP contribution in [0.5, 0.6) is 0 Å². The molecule has 1 atom stereocenters. The van der Waals surface area contributed by atoms with Crippen LogP contribution in [0, 0.1) is 17.0 Å². The largest absolute Gasteiger partial charge is 0.394 e. The summed E-state index contributed by atoms with van der Waals surface area (Å²) in [6, 6.07) is 4.09. The summed E-state index contributed by atoms with van der Waals surface area (Å²) in [6.07, 6.45) is 1.68. The fourth-order valence-electron chi connectivity index (χ4n) is 2.45. The molecular weight excluding hydrogens is 248 g/mol. The number of aliphatic hydroxyl groups excluding tert-OH is 1. The lowest BCUT2D eigenvalue weighted by Crippen LogP contribution is -2.37. The maximum atomic E-state index is 12.4. The fraction of sp³-hybridized carbons (Fsp3) is 0.462. The fourth-order valence-corrected chi connectivity index (χ4v) is 2.45. The van der Waals surface area contributed by atoms with E-state index in [1.807, 2.05) is 0 Å². The van der Waals surface area contributed by atoms with Crippen LogP contribution in [0.25, 0.3) is 0 Å². The molecule has 1 N–H and O–H groups in total. The van der Waals surface area contributed by atoms with Gasteiger partial charge in [0, 0.05) is 24.2 Å². The van der Waals surface area contributed by atoms with Gasteiger partial charge in [0.25, 0.3) is 11.6 Å². The van der Waals surface area contributed by atoms with Crippen molar-refractivity contribution >= 4 is 11.6 Å².